The molecule has 0 aliphatic rings. The van der Waals surface area contributed by atoms with Crippen molar-refractivity contribution in [2.75, 3.05) is 7.05 Å². The van der Waals surface area contributed by atoms with E-state index in [9.17, 15) is 4.79 Å². The van der Waals surface area contributed by atoms with Gasteiger partial charge in [-0.05, 0) is 24.6 Å². The summed E-state index contributed by atoms with van der Waals surface area (Å²) < 4.78 is 2.01. The highest BCUT2D eigenvalue weighted by Crippen LogP contribution is 2.24. The van der Waals surface area contributed by atoms with Crippen LogP contribution in [0.15, 0.2) is 66.1 Å². The molecule has 0 N–H and O–H groups in total. The molecular weight excluding hydrogens is 306 g/mol. The van der Waals surface area contributed by atoms with Crippen molar-refractivity contribution in [2.24, 2.45) is 0 Å². The molecule has 0 fully saturated rings. The van der Waals surface area contributed by atoms with Gasteiger partial charge in [0, 0.05) is 19.8 Å². The van der Waals surface area contributed by atoms with Crippen LogP contribution in [0.2, 0.25) is 0 Å². The standard InChI is InChI=1S/C18H19N3OS/c1-14(17(22)20(2)13-15-8-4-3-5-9-15)23-18-19-12-16-10-6-7-11-21(16)18/h3-12,14H,13H2,1-2H3. The summed E-state index contributed by atoms with van der Waals surface area (Å²) >= 11 is 1.49. The number of imidazole rings is 1. The van der Waals surface area contributed by atoms with Crippen molar-refractivity contribution in [2.45, 2.75) is 23.9 Å². The number of rotatable bonds is 5. The van der Waals surface area contributed by atoms with E-state index in [0.717, 1.165) is 16.2 Å². The summed E-state index contributed by atoms with van der Waals surface area (Å²) in [6, 6.07) is 16.0. The van der Waals surface area contributed by atoms with Crippen LogP contribution in [0.25, 0.3) is 5.52 Å². The molecule has 0 saturated heterocycles. The third-order valence-corrected chi connectivity index (χ3v) is 4.74. The van der Waals surface area contributed by atoms with Crippen molar-refractivity contribution in [1.29, 1.82) is 0 Å². The highest BCUT2D eigenvalue weighted by atomic mass is 32.2. The number of amides is 1. The maximum Gasteiger partial charge on any atom is 0.235 e. The molecule has 1 atom stereocenters. The quantitative estimate of drug-likeness (QED) is 0.674. The maximum atomic E-state index is 12.6. The van der Waals surface area contributed by atoms with E-state index in [4.69, 9.17) is 0 Å². The van der Waals surface area contributed by atoms with Crippen LogP contribution in [0.5, 0.6) is 0 Å². The number of pyridine rings is 1. The zero-order valence-corrected chi connectivity index (χ0v) is 14.0. The second-order valence-corrected chi connectivity index (χ2v) is 6.78. The summed E-state index contributed by atoms with van der Waals surface area (Å²) in [5, 5.41) is 0.657. The molecule has 23 heavy (non-hydrogen) atoms. The van der Waals surface area contributed by atoms with Crippen molar-refractivity contribution in [3.05, 3.63) is 66.5 Å². The Morgan fingerprint density at radius 1 is 1.22 bits per heavy atom. The Bertz CT molecular complexity index is 800. The summed E-state index contributed by atoms with van der Waals surface area (Å²) in [4.78, 5) is 18.8. The third kappa shape index (κ3) is 3.56. The average molecular weight is 325 g/mol. The number of aromatic nitrogens is 2. The fourth-order valence-electron chi connectivity index (χ4n) is 2.46. The Hall–Kier alpha value is -2.27. The number of hydrogen-bond acceptors (Lipinski definition) is 3. The van der Waals surface area contributed by atoms with Crippen LogP contribution in [0.4, 0.5) is 0 Å². The highest BCUT2D eigenvalue weighted by molar-refractivity contribution is 8.00. The molecule has 2 aromatic heterocycles. The Kier molecular flexibility index (Phi) is 4.67. The molecule has 3 rings (SSSR count). The van der Waals surface area contributed by atoms with Gasteiger partial charge in [0.15, 0.2) is 5.16 Å². The molecule has 0 radical (unpaired) electrons. The lowest BCUT2D eigenvalue weighted by Gasteiger charge is -2.21. The summed E-state index contributed by atoms with van der Waals surface area (Å²) in [5.41, 5.74) is 2.17. The predicted octanol–water partition coefficient (Wildman–Crippen LogP) is 3.47. The van der Waals surface area contributed by atoms with E-state index in [-0.39, 0.29) is 11.2 Å². The predicted molar refractivity (Wildman–Crippen MR) is 93.4 cm³/mol. The number of hydrogen-bond donors (Lipinski definition) is 0. The molecule has 1 amide bonds. The van der Waals surface area contributed by atoms with Crippen molar-refractivity contribution >= 4 is 23.2 Å². The monoisotopic (exact) mass is 325 g/mol. The van der Waals surface area contributed by atoms with Crippen molar-refractivity contribution in [3.8, 4) is 0 Å². The van der Waals surface area contributed by atoms with Crippen LogP contribution >= 0.6 is 11.8 Å². The van der Waals surface area contributed by atoms with Crippen molar-refractivity contribution < 1.29 is 4.79 Å². The average Bonchev–Trinajstić information content (AvgIpc) is 2.98. The molecule has 0 aliphatic carbocycles. The summed E-state index contributed by atoms with van der Waals surface area (Å²) in [6.45, 7) is 2.55. The van der Waals surface area contributed by atoms with Gasteiger partial charge in [-0.2, -0.15) is 0 Å². The molecule has 0 spiro atoms. The summed E-state index contributed by atoms with van der Waals surface area (Å²) in [7, 11) is 1.84. The Balaban J connectivity index is 1.67. The smallest absolute Gasteiger partial charge is 0.235 e. The number of benzene rings is 1. The lowest BCUT2D eigenvalue weighted by molar-refractivity contribution is -0.129. The van der Waals surface area contributed by atoms with Gasteiger partial charge in [0.25, 0.3) is 0 Å². The zero-order valence-electron chi connectivity index (χ0n) is 13.2. The summed E-state index contributed by atoms with van der Waals surface area (Å²) in [5.74, 6) is 0.103. The first-order chi connectivity index (χ1) is 11.1. The van der Waals surface area contributed by atoms with Crippen LogP contribution in [-0.2, 0) is 11.3 Å². The van der Waals surface area contributed by atoms with Gasteiger partial charge in [0.2, 0.25) is 5.91 Å². The molecule has 1 unspecified atom stereocenters. The van der Waals surface area contributed by atoms with Gasteiger partial charge < -0.3 is 4.90 Å². The molecule has 0 saturated carbocycles. The van der Waals surface area contributed by atoms with Crippen LogP contribution in [0.3, 0.4) is 0 Å². The van der Waals surface area contributed by atoms with Gasteiger partial charge >= 0.3 is 0 Å². The Morgan fingerprint density at radius 2 is 1.96 bits per heavy atom. The minimum absolute atomic E-state index is 0.103. The van der Waals surface area contributed by atoms with Crippen molar-refractivity contribution in [3.63, 3.8) is 0 Å². The zero-order chi connectivity index (χ0) is 16.2. The van der Waals surface area contributed by atoms with Crippen LogP contribution < -0.4 is 0 Å². The molecule has 4 nitrogen and oxygen atoms in total. The van der Waals surface area contributed by atoms with E-state index in [0.29, 0.717) is 6.54 Å². The first-order valence-electron chi connectivity index (χ1n) is 7.53. The normalized spacial score (nSPS) is 12.3. The molecule has 5 heteroatoms. The van der Waals surface area contributed by atoms with E-state index >= 15 is 0 Å². The van der Waals surface area contributed by atoms with Crippen molar-refractivity contribution in [1.82, 2.24) is 14.3 Å². The molecular formula is C18H19N3OS. The van der Waals surface area contributed by atoms with Crippen LogP contribution in [-0.4, -0.2) is 32.5 Å². The molecule has 2 heterocycles. The highest BCUT2D eigenvalue weighted by Gasteiger charge is 2.20. The van der Waals surface area contributed by atoms with E-state index in [2.05, 4.69) is 4.98 Å². The molecule has 3 aromatic rings. The molecule has 1 aromatic carbocycles. The van der Waals surface area contributed by atoms with Gasteiger partial charge in [-0.3, -0.25) is 9.20 Å². The Morgan fingerprint density at radius 3 is 2.74 bits per heavy atom. The second-order valence-electron chi connectivity index (χ2n) is 5.48. The van der Waals surface area contributed by atoms with Gasteiger partial charge in [-0.25, -0.2) is 4.98 Å². The largest absolute Gasteiger partial charge is 0.340 e. The third-order valence-electron chi connectivity index (χ3n) is 3.67. The number of carbonyl (C=O) groups excluding carboxylic acids is 1. The number of carbonyl (C=O) groups is 1. The summed E-state index contributed by atoms with van der Waals surface area (Å²) in [6.07, 6.45) is 3.79. The van der Waals surface area contributed by atoms with Crippen LogP contribution in [0, 0.1) is 0 Å². The topological polar surface area (TPSA) is 37.6 Å². The molecule has 0 aliphatic heterocycles. The van der Waals surface area contributed by atoms with Gasteiger partial charge in [-0.15, -0.1) is 0 Å². The van der Waals surface area contributed by atoms with E-state index in [1.807, 2.05) is 79.3 Å². The van der Waals surface area contributed by atoms with Gasteiger partial charge in [0.1, 0.15) is 0 Å². The molecule has 0 bridgehead atoms. The number of thioether (sulfide) groups is 1. The van der Waals surface area contributed by atoms with E-state index < -0.39 is 0 Å². The van der Waals surface area contributed by atoms with Gasteiger partial charge in [-0.1, -0.05) is 48.2 Å². The van der Waals surface area contributed by atoms with Crippen LogP contribution in [0.1, 0.15) is 12.5 Å². The minimum atomic E-state index is -0.186. The fourth-order valence-corrected chi connectivity index (χ4v) is 3.45. The first-order valence-corrected chi connectivity index (χ1v) is 8.41. The minimum Gasteiger partial charge on any atom is -0.340 e. The van der Waals surface area contributed by atoms with E-state index in [1.165, 1.54) is 11.8 Å². The maximum absolute atomic E-state index is 12.6. The number of nitrogens with zero attached hydrogens (tertiary/aromatic N) is 3. The second kappa shape index (κ2) is 6.87. The molecule has 118 valence electrons. The first kappa shape index (κ1) is 15.6. The Labute approximate surface area is 140 Å². The fraction of sp³-hybridized carbons (Fsp3) is 0.222. The SMILES string of the molecule is CC(Sc1ncc2ccccn12)C(=O)N(C)Cc1ccccc1. The van der Waals surface area contributed by atoms with Gasteiger partial charge in [0.05, 0.1) is 17.0 Å². The lowest BCUT2D eigenvalue weighted by Crippen LogP contribution is -2.32. The number of fused-ring (bicyclic) bond motifs is 1. The lowest BCUT2D eigenvalue weighted by atomic mass is 10.2. The van der Waals surface area contributed by atoms with E-state index in [1.54, 1.807) is 4.90 Å².